The molecule has 3 aromatic rings. The number of allylic oxidation sites excluding steroid dienone is 2. The average molecular weight is 545 g/mol. The highest BCUT2D eigenvalue weighted by Crippen LogP contribution is 2.34. The van der Waals surface area contributed by atoms with Crippen LogP contribution in [0.25, 0.3) is 22.9 Å². The third kappa shape index (κ3) is 5.06. The first-order valence-electron chi connectivity index (χ1n) is 14.2. The second-order valence-corrected chi connectivity index (χ2v) is 11.8. The Bertz CT molecular complexity index is 1560. The Balaban J connectivity index is 1.25. The lowest BCUT2D eigenvalue weighted by atomic mass is 9.92. The topological polar surface area (TPSA) is 40.5 Å². The molecule has 1 aromatic heterocycles. The van der Waals surface area contributed by atoms with Crippen LogP contribution in [-0.4, -0.2) is 28.0 Å². The van der Waals surface area contributed by atoms with Crippen molar-refractivity contribution < 1.29 is 0 Å². The van der Waals surface area contributed by atoms with Gasteiger partial charge in [-0.25, -0.2) is 4.98 Å². The Morgan fingerprint density at radius 1 is 1.10 bits per heavy atom. The van der Waals surface area contributed by atoms with Crippen LogP contribution < -0.4 is 10.2 Å². The Labute approximate surface area is 242 Å². The summed E-state index contributed by atoms with van der Waals surface area (Å²) in [6.07, 6.45) is 13.7. The maximum absolute atomic E-state index is 5.11. The lowest BCUT2D eigenvalue weighted by Gasteiger charge is -2.32. The van der Waals surface area contributed by atoms with E-state index in [4.69, 9.17) is 9.98 Å². The zero-order valence-corrected chi connectivity index (χ0v) is 24.2. The number of pyridine rings is 1. The fraction of sp³-hybridized carbons (Fsp3) is 0.257. The summed E-state index contributed by atoms with van der Waals surface area (Å²) in [5.74, 6) is 0.985. The van der Waals surface area contributed by atoms with Crippen LogP contribution in [0, 0.1) is 6.92 Å². The van der Waals surface area contributed by atoms with Gasteiger partial charge in [-0.3, -0.25) is 4.99 Å². The summed E-state index contributed by atoms with van der Waals surface area (Å²) < 4.78 is 0. The van der Waals surface area contributed by atoms with Crippen molar-refractivity contribution in [2.45, 2.75) is 50.9 Å². The number of aryl methyl sites for hydroxylation is 1. The van der Waals surface area contributed by atoms with Crippen LogP contribution in [0.4, 0.5) is 5.82 Å². The number of anilines is 1. The molecule has 0 radical (unpaired) electrons. The highest BCUT2D eigenvalue weighted by molar-refractivity contribution is 8.14. The maximum atomic E-state index is 5.11. The highest BCUT2D eigenvalue weighted by Gasteiger charge is 2.28. The molecule has 2 aromatic carbocycles. The third-order valence-corrected chi connectivity index (χ3v) is 9.25. The summed E-state index contributed by atoms with van der Waals surface area (Å²) in [7, 11) is 0. The van der Waals surface area contributed by atoms with Gasteiger partial charge in [-0.05, 0) is 65.8 Å². The number of thioether (sulfide) groups is 1. The molecule has 4 nitrogen and oxygen atoms in total. The molecule has 40 heavy (non-hydrogen) atoms. The van der Waals surface area contributed by atoms with E-state index in [1.54, 1.807) is 11.8 Å². The van der Waals surface area contributed by atoms with Crippen molar-refractivity contribution in [1.29, 1.82) is 0 Å². The second-order valence-electron chi connectivity index (χ2n) is 10.6. The number of fused-ring (bicyclic) bond motifs is 2. The van der Waals surface area contributed by atoms with E-state index in [9.17, 15) is 0 Å². The molecule has 6 rings (SSSR count). The van der Waals surface area contributed by atoms with Gasteiger partial charge in [-0.2, -0.15) is 0 Å². The SMILES string of the molecule is C=Cc1nc(N2CCc3cccc(C(=C)NC4=NC5C=CC=CC5S4)c3C2)ccc1-c1cccc(CCC)c1C. The minimum Gasteiger partial charge on any atom is -0.352 e. The maximum Gasteiger partial charge on any atom is 0.162 e. The van der Waals surface area contributed by atoms with Gasteiger partial charge in [0.15, 0.2) is 5.17 Å². The molecule has 5 heteroatoms. The minimum absolute atomic E-state index is 0.205. The van der Waals surface area contributed by atoms with Gasteiger partial charge in [0.2, 0.25) is 0 Å². The molecule has 0 bridgehead atoms. The molecule has 2 aliphatic heterocycles. The van der Waals surface area contributed by atoms with Crippen LogP contribution in [0.5, 0.6) is 0 Å². The van der Waals surface area contributed by atoms with Crippen molar-refractivity contribution >= 4 is 34.5 Å². The average Bonchev–Trinajstić information content (AvgIpc) is 3.40. The zero-order chi connectivity index (χ0) is 27.6. The van der Waals surface area contributed by atoms with E-state index in [2.05, 4.69) is 110 Å². The molecular formula is C35H36N4S. The second kappa shape index (κ2) is 11.3. The lowest BCUT2D eigenvalue weighted by Crippen LogP contribution is -2.32. The van der Waals surface area contributed by atoms with Gasteiger partial charge in [-0.15, -0.1) is 0 Å². The number of nitrogens with zero attached hydrogens (tertiary/aromatic N) is 3. The largest absolute Gasteiger partial charge is 0.352 e. The molecule has 2 unspecified atom stereocenters. The molecule has 0 saturated carbocycles. The Hall–Kier alpha value is -3.83. The number of benzene rings is 2. The van der Waals surface area contributed by atoms with Gasteiger partial charge < -0.3 is 10.2 Å². The van der Waals surface area contributed by atoms with Crippen molar-refractivity contribution in [3.8, 4) is 11.1 Å². The molecule has 3 aliphatic rings. The van der Waals surface area contributed by atoms with Crippen molar-refractivity contribution in [3.63, 3.8) is 0 Å². The highest BCUT2D eigenvalue weighted by atomic mass is 32.2. The molecule has 0 spiro atoms. The van der Waals surface area contributed by atoms with Gasteiger partial charge in [0, 0.05) is 29.9 Å². The van der Waals surface area contributed by atoms with Crippen LogP contribution in [0.15, 0.2) is 91.0 Å². The number of aromatic nitrogens is 1. The van der Waals surface area contributed by atoms with Gasteiger partial charge in [-0.1, -0.05) is 99.0 Å². The molecular weight excluding hydrogens is 508 g/mol. The normalized spacial score (nSPS) is 19.1. The lowest BCUT2D eigenvalue weighted by molar-refractivity contribution is 0.718. The fourth-order valence-electron chi connectivity index (χ4n) is 5.95. The monoisotopic (exact) mass is 544 g/mol. The van der Waals surface area contributed by atoms with Crippen molar-refractivity contribution in [2.24, 2.45) is 4.99 Å². The summed E-state index contributed by atoms with van der Waals surface area (Å²) in [4.78, 5) is 12.4. The Morgan fingerprint density at radius 3 is 2.77 bits per heavy atom. The summed E-state index contributed by atoms with van der Waals surface area (Å²) in [6.45, 7) is 14.7. The van der Waals surface area contributed by atoms with Crippen LogP contribution in [0.1, 0.15) is 46.9 Å². The van der Waals surface area contributed by atoms with E-state index in [0.29, 0.717) is 5.25 Å². The molecule has 1 aliphatic carbocycles. The molecule has 0 amide bonds. The standard InChI is InChI=1S/C35H36N4S/c1-5-11-25-12-9-14-27(23(25)3)29-18-19-34(37-31(29)6-2)39-21-20-26-13-10-15-28(30(26)22-39)24(4)36-35-38-32-16-7-8-17-33(32)40-35/h6-10,12-19,32-33H,2,4-5,11,20-22H2,1,3H3,(H,36,38). The van der Waals surface area contributed by atoms with Gasteiger partial charge >= 0.3 is 0 Å². The van der Waals surface area contributed by atoms with Crippen LogP contribution in [-0.2, 0) is 19.4 Å². The van der Waals surface area contributed by atoms with E-state index in [1.165, 1.54) is 27.8 Å². The van der Waals surface area contributed by atoms with Crippen molar-refractivity contribution in [2.75, 3.05) is 11.4 Å². The zero-order valence-electron chi connectivity index (χ0n) is 23.4. The molecule has 2 atom stereocenters. The molecule has 202 valence electrons. The number of rotatable bonds is 7. The molecule has 0 saturated heterocycles. The van der Waals surface area contributed by atoms with Crippen molar-refractivity contribution in [3.05, 3.63) is 120 Å². The summed E-state index contributed by atoms with van der Waals surface area (Å²) >= 11 is 1.77. The number of hydrogen-bond acceptors (Lipinski definition) is 5. The molecule has 3 heterocycles. The molecule has 1 N–H and O–H groups in total. The number of amidine groups is 1. The van der Waals surface area contributed by atoms with E-state index in [0.717, 1.165) is 65.9 Å². The minimum atomic E-state index is 0.205. The predicted octanol–water partition coefficient (Wildman–Crippen LogP) is 7.74. The Morgan fingerprint density at radius 2 is 1.95 bits per heavy atom. The fourth-order valence-corrected chi connectivity index (χ4v) is 7.03. The van der Waals surface area contributed by atoms with E-state index < -0.39 is 0 Å². The smallest absolute Gasteiger partial charge is 0.162 e. The summed E-state index contributed by atoms with van der Waals surface area (Å²) in [5, 5.41) is 4.83. The van der Waals surface area contributed by atoms with E-state index in [-0.39, 0.29) is 6.04 Å². The quantitative estimate of drug-likeness (QED) is 0.330. The Kier molecular flexibility index (Phi) is 7.48. The predicted molar refractivity (Wildman–Crippen MR) is 173 cm³/mol. The third-order valence-electron chi connectivity index (χ3n) is 8.11. The first-order valence-corrected chi connectivity index (χ1v) is 15.1. The molecule has 0 fully saturated rings. The van der Waals surface area contributed by atoms with Crippen LogP contribution in [0.2, 0.25) is 0 Å². The number of nitrogens with one attached hydrogen (secondary N) is 1. The van der Waals surface area contributed by atoms with E-state index >= 15 is 0 Å². The summed E-state index contributed by atoms with van der Waals surface area (Å²) in [5.41, 5.74) is 10.8. The number of aliphatic imine (C=N–C) groups is 1. The van der Waals surface area contributed by atoms with Gasteiger partial charge in [0.05, 0.1) is 17.0 Å². The van der Waals surface area contributed by atoms with Gasteiger partial charge in [0.25, 0.3) is 0 Å². The summed E-state index contributed by atoms with van der Waals surface area (Å²) in [6, 6.07) is 17.8. The first kappa shape index (κ1) is 26.4. The van der Waals surface area contributed by atoms with Gasteiger partial charge in [0.1, 0.15) is 5.82 Å². The van der Waals surface area contributed by atoms with Crippen LogP contribution >= 0.6 is 11.8 Å². The number of hydrogen-bond donors (Lipinski definition) is 1. The van der Waals surface area contributed by atoms with E-state index in [1.807, 2.05) is 6.08 Å². The van der Waals surface area contributed by atoms with Crippen molar-refractivity contribution in [1.82, 2.24) is 10.3 Å². The van der Waals surface area contributed by atoms with Crippen LogP contribution in [0.3, 0.4) is 0 Å². The first-order chi connectivity index (χ1) is 19.6.